The van der Waals surface area contributed by atoms with E-state index in [1.165, 1.54) is 11.1 Å². The Morgan fingerprint density at radius 2 is 1.97 bits per heavy atom. The highest BCUT2D eigenvalue weighted by atomic mass is 16.1. The first-order chi connectivity index (χ1) is 15.3. The fraction of sp³-hybridized carbons (Fsp3) is 0.417. The van der Waals surface area contributed by atoms with Crippen molar-refractivity contribution >= 4 is 22.8 Å². The standard InChI is InChI=1S/C24H28N6O/c31-24(27-10-13-29-12-7-18-4-1-2-5-19(18)16-29)20-6-3-11-30(17-20)21-14-22-23(28-15-21)26-9-8-25-22/h1-2,4-5,8-9,14-15,20H,3,6-7,10-13,16-17H2,(H,27,31)/t20-/m0/s1. The van der Waals surface area contributed by atoms with Crippen LogP contribution in [0.2, 0.25) is 0 Å². The van der Waals surface area contributed by atoms with Gasteiger partial charge in [0.2, 0.25) is 5.91 Å². The van der Waals surface area contributed by atoms with E-state index >= 15 is 0 Å². The van der Waals surface area contributed by atoms with Crippen molar-refractivity contribution in [2.75, 3.05) is 37.6 Å². The Labute approximate surface area is 182 Å². The second-order valence-electron chi connectivity index (χ2n) is 8.46. The van der Waals surface area contributed by atoms with Gasteiger partial charge < -0.3 is 10.2 Å². The molecule has 0 aliphatic carbocycles. The van der Waals surface area contributed by atoms with Gasteiger partial charge in [0.25, 0.3) is 0 Å². The number of amides is 1. The van der Waals surface area contributed by atoms with E-state index in [2.05, 4.69) is 54.3 Å². The van der Waals surface area contributed by atoms with Crippen LogP contribution in [0.4, 0.5) is 5.69 Å². The molecule has 1 saturated heterocycles. The SMILES string of the molecule is O=C(NCCN1CCc2ccccc2C1)[C@H]1CCCN(c2cnc3nccnc3c2)C1. The number of fused-ring (bicyclic) bond motifs is 2. The Kier molecular flexibility index (Phi) is 5.76. The summed E-state index contributed by atoms with van der Waals surface area (Å²) in [6.45, 7) is 5.28. The molecule has 0 spiro atoms. The lowest BCUT2D eigenvalue weighted by Crippen LogP contribution is -2.45. The number of benzene rings is 1. The summed E-state index contributed by atoms with van der Waals surface area (Å²) in [5.74, 6) is 0.170. The molecule has 1 N–H and O–H groups in total. The van der Waals surface area contributed by atoms with Crippen molar-refractivity contribution in [1.82, 2.24) is 25.2 Å². The summed E-state index contributed by atoms with van der Waals surface area (Å²) in [6.07, 6.45) is 8.19. The summed E-state index contributed by atoms with van der Waals surface area (Å²) in [5, 5.41) is 3.18. The van der Waals surface area contributed by atoms with Crippen LogP contribution in [-0.4, -0.2) is 58.5 Å². The van der Waals surface area contributed by atoms with E-state index in [0.29, 0.717) is 12.2 Å². The summed E-state index contributed by atoms with van der Waals surface area (Å²) in [4.78, 5) is 30.5. The molecule has 1 aromatic carbocycles. The quantitative estimate of drug-likeness (QED) is 0.689. The minimum Gasteiger partial charge on any atom is -0.369 e. The van der Waals surface area contributed by atoms with Gasteiger partial charge in [-0.25, -0.2) is 9.97 Å². The van der Waals surface area contributed by atoms with E-state index in [1.807, 2.05) is 12.3 Å². The van der Waals surface area contributed by atoms with E-state index in [9.17, 15) is 4.79 Å². The van der Waals surface area contributed by atoms with Crippen molar-refractivity contribution in [2.45, 2.75) is 25.8 Å². The van der Waals surface area contributed by atoms with Gasteiger partial charge in [0.15, 0.2) is 5.65 Å². The zero-order valence-electron chi connectivity index (χ0n) is 17.7. The predicted molar refractivity (Wildman–Crippen MR) is 121 cm³/mol. The normalized spacial score (nSPS) is 19.2. The predicted octanol–water partition coefficient (Wildman–Crippen LogP) is 2.42. The van der Waals surface area contributed by atoms with Gasteiger partial charge in [-0.05, 0) is 36.5 Å². The third-order valence-electron chi connectivity index (χ3n) is 6.40. The molecule has 160 valence electrons. The number of pyridine rings is 1. The number of aromatic nitrogens is 3. The Balaban J connectivity index is 1.14. The third kappa shape index (κ3) is 4.51. The smallest absolute Gasteiger partial charge is 0.224 e. The first kappa shape index (κ1) is 19.9. The zero-order chi connectivity index (χ0) is 21.0. The molecule has 3 aromatic rings. The average Bonchev–Trinajstić information content (AvgIpc) is 2.83. The van der Waals surface area contributed by atoms with Gasteiger partial charge in [-0.2, -0.15) is 0 Å². The lowest BCUT2D eigenvalue weighted by Gasteiger charge is -2.34. The summed E-state index contributed by atoms with van der Waals surface area (Å²) in [6, 6.07) is 10.7. The molecule has 1 amide bonds. The molecule has 2 aromatic heterocycles. The molecule has 31 heavy (non-hydrogen) atoms. The minimum atomic E-state index is 0.00777. The second kappa shape index (κ2) is 8.98. The molecule has 2 aliphatic heterocycles. The van der Waals surface area contributed by atoms with Gasteiger partial charge in [-0.1, -0.05) is 24.3 Å². The van der Waals surface area contributed by atoms with Crippen LogP contribution in [0.25, 0.3) is 11.2 Å². The molecule has 5 rings (SSSR count). The van der Waals surface area contributed by atoms with Crippen LogP contribution in [0, 0.1) is 5.92 Å². The van der Waals surface area contributed by atoms with Crippen molar-refractivity contribution in [1.29, 1.82) is 0 Å². The largest absolute Gasteiger partial charge is 0.369 e. The van der Waals surface area contributed by atoms with E-state index in [4.69, 9.17) is 0 Å². The summed E-state index contributed by atoms with van der Waals surface area (Å²) in [5.41, 5.74) is 5.32. The zero-order valence-corrected chi connectivity index (χ0v) is 17.7. The van der Waals surface area contributed by atoms with Crippen LogP contribution < -0.4 is 10.2 Å². The Morgan fingerprint density at radius 3 is 2.90 bits per heavy atom. The molecule has 1 fully saturated rings. The van der Waals surface area contributed by atoms with Crippen LogP contribution in [0.3, 0.4) is 0 Å². The average molecular weight is 417 g/mol. The van der Waals surface area contributed by atoms with E-state index in [-0.39, 0.29) is 11.8 Å². The molecule has 2 aliphatic rings. The molecular weight excluding hydrogens is 388 g/mol. The number of piperidine rings is 1. The number of carbonyl (C=O) groups excluding carboxylic acids is 1. The van der Waals surface area contributed by atoms with Gasteiger partial charge in [0.05, 0.1) is 17.8 Å². The van der Waals surface area contributed by atoms with Crippen LogP contribution in [0.5, 0.6) is 0 Å². The molecule has 0 bridgehead atoms. The number of rotatable bonds is 5. The molecule has 0 saturated carbocycles. The van der Waals surface area contributed by atoms with Crippen molar-refractivity contribution in [2.24, 2.45) is 5.92 Å². The topological polar surface area (TPSA) is 74.2 Å². The number of anilines is 1. The number of carbonyl (C=O) groups is 1. The van der Waals surface area contributed by atoms with Gasteiger partial charge in [0.1, 0.15) is 5.52 Å². The molecular formula is C24H28N6O. The second-order valence-corrected chi connectivity index (χ2v) is 8.46. The highest BCUT2D eigenvalue weighted by Gasteiger charge is 2.26. The lowest BCUT2D eigenvalue weighted by atomic mass is 9.96. The highest BCUT2D eigenvalue weighted by molar-refractivity contribution is 5.80. The van der Waals surface area contributed by atoms with E-state index in [0.717, 1.165) is 63.2 Å². The number of nitrogens with zero attached hydrogens (tertiary/aromatic N) is 5. The first-order valence-corrected chi connectivity index (χ1v) is 11.1. The van der Waals surface area contributed by atoms with Gasteiger partial charge in [-0.3, -0.25) is 14.7 Å². The molecule has 0 unspecified atom stereocenters. The minimum absolute atomic E-state index is 0.00777. The van der Waals surface area contributed by atoms with Crippen molar-refractivity contribution < 1.29 is 4.79 Å². The van der Waals surface area contributed by atoms with Crippen molar-refractivity contribution in [3.63, 3.8) is 0 Å². The molecule has 7 nitrogen and oxygen atoms in total. The van der Waals surface area contributed by atoms with Gasteiger partial charge >= 0.3 is 0 Å². The highest BCUT2D eigenvalue weighted by Crippen LogP contribution is 2.24. The van der Waals surface area contributed by atoms with Crippen molar-refractivity contribution in [3.8, 4) is 0 Å². The molecule has 1 atom stereocenters. The van der Waals surface area contributed by atoms with E-state index in [1.54, 1.807) is 12.4 Å². The summed E-state index contributed by atoms with van der Waals surface area (Å²) in [7, 11) is 0. The van der Waals surface area contributed by atoms with Crippen LogP contribution in [-0.2, 0) is 17.8 Å². The van der Waals surface area contributed by atoms with Crippen LogP contribution in [0.1, 0.15) is 24.0 Å². The first-order valence-electron chi connectivity index (χ1n) is 11.1. The molecule has 7 heteroatoms. The Hall–Kier alpha value is -3.06. The third-order valence-corrected chi connectivity index (χ3v) is 6.40. The maximum absolute atomic E-state index is 12.8. The van der Waals surface area contributed by atoms with E-state index < -0.39 is 0 Å². The number of hydrogen-bond donors (Lipinski definition) is 1. The fourth-order valence-electron chi connectivity index (χ4n) is 4.67. The monoisotopic (exact) mass is 416 g/mol. The number of nitrogens with one attached hydrogen (secondary N) is 1. The van der Waals surface area contributed by atoms with Crippen molar-refractivity contribution in [3.05, 3.63) is 60.0 Å². The van der Waals surface area contributed by atoms with Crippen LogP contribution >= 0.6 is 0 Å². The molecule has 0 radical (unpaired) electrons. The molecule has 4 heterocycles. The Bertz CT molecular complexity index is 1070. The fourth-order valence-corrected chi connectivity index (χ4v) is 4.67. The maximum Gasteiger partial charge on any atom is 0.224 e. The maximum atomic E-state index is 12.8. The Morgan fingerprint density at radius 1 is 1.10 bits per heavy atom. The lowest BCUT2D eigenvalue weighted by molar-refractivity contribution is -0.125. The number of hydrogen-bond acceptors (Lipinski definition) is 6. The van der Waals surface area contributed by atoms with Crippen LogP contribution in [0.15, 0.2) is 48.9 Å². The summed E-state index contributed by atoms with van der Waals surface area (Å²) >= 11 is 0. The van der Waals surface area contributed by atoms with Gasteiger partial charge in [0, 0.05) is 51.7 Å². The summed E-state index contributed by atoms with van der Waals surface area (Å²) < 4.78 is 0. The van der Waals surface area contributed by atoms with Gasteiger partial charge in [-0.15, -0.1) is 0 Å².